The Hall–Kier alpha value is -1.71. The lowest BCUT2D eigenvalue weighted by atomic mass is 10.00. The predicted octanol–water partition coefficient (Wildman–Crippen LogP) is 4.91. The van der Waals surface area contributed by atoms with Gasteiger partial charge in [-0.1, -0.05) is 23.7 Å². The van der Waals surface area contributed by atoms with Crippen molar-refractivity contribution < 1.29 is 8.83 Å². The van der Waals surface area contributed by atoms with E-state index in [0.29, 0.717) is 5.02 Å². The Labute approximate surface area is 128 Å². The van der Waals surface area contributed by atoms with Gasteiger partial charge in [-0.15, -0.1) is 0 Å². The first-order valence-corrected chi connectivity index (χ1v) is 7.32. The quantitative estimate of drug-likeness (QED) is 0.747. The summed E-state index contributed by atoms with van der Waals surface area (Å²) in [4.78, 5) is 0. The van der Waals surface area contributed by atoms with Crippen LogP contribution in [0.4, 0.5) is 0 Å². The van der Waals surface area contributed by atoms with Crippen LogP contribution >= 0.6 is 11.6 Å². The molecule has 1 unspecified atom stereocenters. The van der Waals surface area contributed by atoms with Crippen molar-refractivity contribution >= 4 is 22.6 Å². The minimum absolute atomic E-state index is 0.0501. The SMILES string of the molecule is CNC(c1cc2cccc(Cl)c2o1)c1c(C)oc(C)c1C. The molecule has 21 heavy (non-hydrogen) atoms. The van der Waals surface area contributed by atoms with E-state index in [1.54, 1.807) is 0 Å². The largest absolute Gasteiger partial charge is 0.466 e. The fourth-order valence-electron chi connectivity index (χ4n) is 2.85. The number of fused-ring (bicyclic) bond motifs is 1. The second-order valence-electron chi connectivity index (χ2n) is 5.28. The molecule has 3 rings (SSSR count). The van der Waals surface area contributed by atoms with Crippen LogP contribution < -0.4 is 5.32 Å². The van der Waals surface area contributed by atoms with Crippen LogP contribution in [0.1, 0.15) is 34.4 Å². The summed E-state index contributed by atoms with van der Waals surface area (Å²) in [7, 11) is 1.92. The lowest BCUT2D eigenvalue weighted by Gasteiger charge is -2.14. The van der Waals surface area contributed by atoms with Crippen LogP contribution in [0, 0.1) is 20.8 Å². The Bertz CT molecular complexity index is 801. The summed E-state index contributed by atoms with van der Waals surface area (Å²) in [5, 5.41) is 4.95. The van der Waals surface area contributed by atoms with Crippen LogP contribution in [-0.2, 0) is 0 Å². The lowest BCUT2D eigenvalue weighted by molar-refractivity contribution is 0.471. The Balaban J connectivity index is 2.16. The second-order valence-corrected chi connectivity index (χ2v) is 5.69. The smallest absolute Gasteiger partial charge is 0.152 e. The molecular formula is C17H18ClNO2. The number of nitrogens with one attached hydrogen (secondary N) is 1. The van der Waals surface area contributed by atoms with Crippen LogP contribution in [0.25, 0.3) is 11.0 Å². The molecule has 0 aliphatic rings. The predicted molar refractivity (Wildman–Crippen MR) is 85.0 cm³/mol. The van der Waals surface area contributed by atoms with Crippen molar-refractivity contribution in [2.75, 3.05) is 7.05 Å². The molecule has 0 saturated heterocycles. The summed E-state index contributed by atoms with van der Waals surface area (Å²) < 4.78 is 11.7. The van der Waals surface area contributed by atoms with Crippen LogP contribution in [0.2, 0.25) is 5.02 Å². The lowest BCUT2D eigenvalue weighted by Crippen LogP contribution is -2.18. The van der Waals surface area contributed by atoms with Crippen molar-refractivity contribution in [2.24, 2.45) is 0 Å². The molecule has 0 fully saturated rings. The average Bonchev–Trinajstić information content (AvgIpc) is 2.97. The Morgan fingerprint density at radius 3 is 2.43 bits per heavy atom. The first-order valence-electron chi connectivity index (χ1n) is 6.94. The van der Waals surface area contributed by atoms with E-state index in [0.717, 1.165) is 39.4 Å². The number of hydrogen-bond acceptors (Lipinski definition) is 3. The monoisotopic (exact) mass is 303 g/mol. The molecular weight excluding hydrogens is 286 g/mol. The zero-order chi connectivity index (χ0) is 15.1. The van der Waals surface area contributed by atoms with E-state index in [9.17, 15) is 0 Å². The normalized spacial score (nSPS) is 13.0. The summed E-state index contributed by atoms with van der Waals surface area (Å²) in [6.45, 7) is 6.03. The molecule has 4 heteroatoms. The van der Waals surface area contributed by atoms with Crippen LogP contribution in [0.5, 0.6) is 0 Å². The molecule has 1 aromatic carbocycles. The van der Waals surface area contributed by atoms with E-state index in [1.165, 1.54) is 0 Å². The molecule has 0 amide bonds. The minimum atomic E-state index is -0.0501. The minimum Gasteiger partial charge on any atom is -0.466 e. The Kier molecular flexibility index (Phi) is 3.56. The van der Waals surface area contributed by atoms with Crippen molar-refractivity contribution in [2.45, 2.75) is 26.8 Å². The van der Waals surface area contributed by atoms with Gasteiger partial charge in [0.2, 0.25) is 0 Å². The summed E-state index contributed by atoms with van der Waals surface area (Å²) in [6, 6.07) is 7.75. The van der Waals surface area contributed by atoms with E-state index >= 15 is 0 Å². The topological polar surface area (TPSA) is 38.3 Å². The zero-order valence-electron chi connectivity index (χ0n) is 12.6. The molecule has 0 saturated carbocycles. The molecule has 0 radical (unpaired) electrons. The molecule has 0 spiro atoms. The number of aryl methyl sites for hydroxylation is 2. The summed E-state index contributed by atoms with van der Waals surface area (Å²) in [5.74, 6) is 2.69. The van der Waals surface area contributed by atoms with Gasteiger partial charge in [0.1, 0.15) is 17.3 Å². The standard InChI is InChI=1S/C17H18ClNO2/c1-9-10(2)20-11(3)15(9)16(19-4)14-8-12-6-5-7-13(18)17(12)21-14/h5-8,16,19H,1-4H3. The van der Waals surface area contributed by atoms with Gasteiger partial charge in [-0.25, -0.2) is 0 Å². The molecule has 0 bridgehead atoms. The maximum atomic E-state index is 6.20. The second kappa shape index (κ2) is 5.24. The average molecular weight is 304 g/mol. The van der Waals surface area contributed by atoms with Gasteiger partial charge in [0.05, 0.1) is 11.1 Å². The molecule has 3 nitrogen and oxygen atoms in total. The first-order chi connectivity index (χ1) is 10.0. The van der Waals surface area contributed by atoms with E-state index in [1.807, 2.05) is 45.2 Å². The van der Waals surface area contributed by atoms with E-state index in [-0.39, 0.29) is 6.04 Å². The van der Waals surface area contributed by atoms with Gasteiger partial charge < -0.3 is 14.2 Å². The van der Waals surface area contributed by atoms with Crippen molar-refractivity contribution in [1.82, 2.24) is 5.32 Å². The zero-order valence-corrected chi connectivity index (χ0v) is 13.3. The molecule has 0 aliphatic heterocycles. The summed E-state index contributed by atoms with van der Waals surface area (Å²) in [6.07, 6.45) is 0. The van der Waals surface area contributed by atoms with Crippen molar-refractivity contribution in [1.29, 1.82) is 0 Å². The number of benzene rings is 1. The molecule has 110 valence electrons. The third-order valence-electron chi connectivity index (χ3n) is 3.99. The highest BCUT2D eigenvalue weighted by molar-refractivity contribution is 6.34. The van der Waals surface area contributed by atoms with Crippen LogP contribution in [-0.4, -0.2) is 7.05 Å². The maximum absolute atomic E-state index is 6.20. The third kappa shape index (κ3) is 2.27. The molecule has 1 atom stereocenters. The fraction of sp³-hybridized carbons (Fsp3) is 0.294. The van der Waals surface area contributed by atoms with Gasteiger partial charge in [-0.05, 0) is 45.5 Å². The maximum Gasteiger partial charge on any atom is 0.152 e. The van der Waals surface area contributed by atoms with Crippen molar-refractivity contribution in [3.63, 3.8) is 0 Å². The number of furan rings is 2. The number of halogens is 1. The molecule has 0 aliphatic carbocycles. The van der Waals surface area contributed by atoms with Gasteiger partial charge >= 0.3 is 0 Å². The highest BCUT2D eigenvalue weighted by Crippen LogP contribution is 2.35. The fourth-order valence-corrected chi connectivity index (χ4v) is 3.07. The first kappa shape index (κ1) is 14.2. The van der Waals surface area contributed by atoms with E-state index in [2.05, 4.69) is 12.2 Å². The van der Waals surface area contributed by atoms with E-state index in [4.69, 9.17) is 20.4 Å². The van der Waals surface area contributed by atoms with Gasteiger partial charge in [0.15, 0.2) is 5.58 Å². The van der Waals surface area contributed by atoms with E-state index < -0.39 is 0 Å². The number of para-hydroxylation sites is 1. The highest BCUT2D eigenvalue weighted by Gasteiger charge is 2.24. The summed E-state index contributed by atoms with van der Waals surface area (Å²) in [5.41, 5.74) is 3.01. The number of hydrogen-bond donors (Lipinski definition) is 1. The highest BCUT2D eigenvalue weighted by atomic mass is 35.5. The molecule has 2 aromatic heterocycles. The van der Waals surface area contributed by atoms with Gasteiger partial charge in [0.25, 0.3) is 0 Å². The van der Waals surface area contributed by atoms with Crippen LogP contribution in [0.15, 0.2) is 33.1 Å². The van der Waals surface area contributed by atoms with Gasteiger partial charge in [0, 0.05) is 10.9 Å². The molecule has 1 N–H and O–H groups in total. The summed E-state index contributed by atoms with van der Waals surface area (Å²) >= 11 is 6.20. The van der Waals surface area contributed by atoms with Gasteiger partial charge in [-0.3, -0.25) is 0 Å². The Morgan fingerprint density at radius 2 is 1.86 bits per heavy atom. The Morgan fingerprint density at radius 1 is 1.10 bits per heavy atom. The van der Waals surface area contributed by atoms with Gasteiger partial charge in [-0.2, -0.15) is 0 Å². The molecule has 3 aromatic rings. The van der Waals surface area contributed by atoms with Crippen LogP contribution in [0.3, 0.4) is 0 Å². The third-order valence-corrected chi connectivity index (χ3v) is 4.29. The van der Waals surface area contributed by atoms with Crippen molar-refractivity contribution in [3.8, 4) is 0 Å². The number of rotatable bonds is 3. The molecule has 2 heterocycles. The van der Waals surface area contributed by atoms with Crippen molar-refractivity contribution in [3.05, 3.63) is 57.7 Å².